The predicted molar refractivity (Wildman–Crippen MR) is 129 cm³/mol. The van der Waals surface area contributed by atoms with Gasteiger partial charge in [0.05, 0.1) is 6.10 Å². The SMILES string of the molecule is CC1=C\C[C@@H](O)CC(=O)\C=C/C=C\C=C/C=C\C=C/[C@@H](C)CNC(=O)\C=C/C=C\C=C/1. The molecule has 4 heteroatoms. The van der Waals surface area contributed by atoms with Crippen molar-refractivity contribution in [3.8, 4) is 0 Å². The number of aliphatic hydroxyl groups is 1. The van der Waals surface area contributed by atoms with E-state index in [1.165, 1.54) is 12.2 Å². The van der Waals surface area contributed by atoms with Crippen LogP contribution in [0.5, 0.6) is 0 Å². The zero-order valence-corrected chi connectivity index (χ0v) is 18.4. The summed E-state index contributed by atoms with van der Waals surface area (Å²) in [7, 11) is 0. The second-order valence-corrected chi connectivity index (χ2v) is 7.23. The first kappa shape index (κ1) is 25.8. The molecule has 0 fully saturated rings. The molecule has 4 nitrogen and oxygen atoms in total. The molecule has 2 N–H and O–H groups in total. The number of ketones is 1. The molecule has 0 saturated heterocycles. The third-order valence-electron chi connectivity index (χ3n) is 4.19. The first-order valence-corrected chi connectivity index (χ1v) is 10.5. The summed E-state index contributed by atoms with van der Waals surface area (Å²) in [5.41, 5.74) is 0.987. The molecule has 0 aromatic heterocycles. The van der Waals surface area contributed by atoms with Crippen LogP contribution in [0.3, 0.4) is 0 Å². The Balaban J connectivity index is 2.80. The minimum absolute atomic E-state index is 0.0912. The summed E-state index contributed by atoms with van der Waals surface area (Å²) in [6.07, 6.45) is 30.6. The molecule has 2 atom stereocenters. The number of carbonyl (C=O) groups excluding carboxylic acids is 2. The highest BCUT2D eigenvalue weighted by Crippen LogP contribution is 2.05. The Labute approximate surface area is 186 Å². The zero-order chi connectivity index (χ0) is 22.7. The molecule has 0 saturated carbocycles. The zero-order valence-electron chi connectivity index (χ0n) is 18.4. The van der Waals surface area contributed by atoms with Crippen LogP contribution in [0.1, 0.15) is 26.7 Å². The lowest BCUT2D eigenvalue weighted by Crippen LogP contribution is -2.25. The van der Waals surface area contributed by atoms with Gasteiger partial charge in [-0.15, -0.1) is 0 Å². The molecule has 164 valence electrons. The highest BCUT2D eigenvalue weighted by atomic mass is 16.3. The van der Waals surface area contributed by atoms with Crippen molar-refractivity contribution in [2.75, 3.05) is 6.54 Å². The van der Waals surface area contributed by atoms with Crippen LogP contribution < -0.4 is 5.32 Å². The molecule has 1 rings (SSSR count). The van der Waals surface area contributed by atoms with Gasteiger partial charge in [-0.3, -0.25) is 9.59 Å². The van der Waals surface area contributed by atoms with Gasteiger partial charge in [0, 0.05) is 19.0 Å². The highest BCUT2D eigenvalue weighted by Gasteiger charge is 2.06. The summed E-state index contributed by atoms with van der Waals surface area (Å²) in [6, 6.07) is 0. The molecule has 0 spiro atoms. The number of rotatable bonds is 0. The van der Waals surface area contributed by atoms with Gasteiger partial charge in [0.25, 0.3) is 0 Å². The van der Waals surface area contributed by atoms with E-state index in [1.54, 1.807) is 24.3 Å². The van der Waals surface area contributed by atoms with Crippen molar-refractivity contribution in [1.82, 2.24) is 5.32 Å². The highest BCUT2D eigenvalue weighted by molar-refractivity contribution is 5.90. The summed E-state index contributed by atoms with van der Waals surface area (Å²) in [5, 5.41) is 12.9. The Morgan fingerprint density at radius 2 is 1.35 bits per heavy atom. The predicted octanol–water partition coefficient (Wildman–Crippen LogP) is 4.86. The first-order chi connectivity index (χ1) is 15.0. The van der Waals surface area contributed by atoms with Gasteiger partial charge in [-0.25, -0.2) is 0 Å². The van der Waals surface area contributed by atoms with Crippen LogP contribution in [0.15, 0.2) is 109 Å². The molecule has 0 bridgehead atoms. The van der Waals surface area contributed by atoms with Crippen LogP contribution in [0.2, 0.25) is 0 Å². The first-order valence-electron chi connectivity index (χ1n) is 10.5. The fraction of sp³-hybridized carbons (Fsp3) is 0.259. The van der Waals surface area contributed by atoms with E-state index in [4.69, 9.17) is 0 Å². The van der Waals surface area contributed by atoms with E-state index in [9.17, 15) is 14.7 Å². The lowest BCUT2D eigenvalue weighted by atomic mass is 10.1. The van der Waals surface area contributed by atoms with E-state index in [0.717, 1.165) is 5.57 Å². The average Bonchev–Trinajstić information content (AvgIpc) is 2.73. The van der Waals surface area contributed by atoms with Gasteiger partial charge < -0.3 is 10.4 Å². The molecule has 1 aliphatic heterocycles. The molecular formula is C27H33NO3. The third kappa shape index (κ3) is 15.3. The van der Waals surface area contributed by atoms with Crippen LogP contribution in [0.4, 0.5) is 0 Å². The molecule has 1 amide bonds. The number of hydrogen-bond donors (Lipinski definition) is 2. The number of carbonyl (C=O) groups is 2. The smallest absolute Gasteiger partial charge is 0.243 e. The van der Waals surface area contributed by atoms with E-state index < -0.39 is 6.10 Å². The molecule has 0 aromatic carbocycles. The van der Waals surface area contributed by atoms with Crippen molar-refractivity contribution < 1.29 is 14.7 Å². The topological polar surface area (TPSA) is 66.4 Å². The maximum absolute atomic E-state index is 11.9. The van der Waals surface area contributed by atoms with Gasteiger partial charge in [0.1, 0.15) is 0 Å². The van der Waals surface area contributed by atoms with E-state index in [0.29, 0.717) is 13.0 Å². The summed E-state index contributed by atoms with van der Waals surface area (Å²) >= 11 is 0. The largest absolute Gasteiger partial charge is 0.392 e. The minimum Gasteiger partial charge on any atom is -0.392 e. The van der Waals surface area contributed by atoms with E-state index in [1.807, 2.05) is 80.7 Å². The number of nitrogens with one attached hydrogen (secondary N) is 1. The van der Waals surface area contributed by atoms with E-state index >= 15 is 0 Å². The maximum Gasteiger partial charge on any atom is 0.243 e. The van der Waals surface area contributed by atoms with Gasteiger partial charge in [-0.05, 0) is 25.3 Å². The molecule has 1 aliphatic rings. The number of hydrogen-bond acceptors (Lipinski definition) is 3. The van der Waals surface area contributed by atoms with Crippen molar-refractivity contribution in [2.24, 2.45) is 5.92 Å². The number of aliphatic hydroxyl groups excluding tert-OH is 1. The second kappa shape index (κ2) is 16.5. The van der Waals surface area contributed by atoms with Gasteiger partial charge in [0.2, 0.25) is 5.91 Å². The fourth-order valence-electron chi connectivity index (χ4n) is 2.44. The average molecular weight is 420 g/mol. The Hall–Kier alpha value is -3.24. The number of allylic oxidation sites excluding steroid dienone is 15. The minimum atomic E-state index is -0.708. The lowest BCUT2D eigenvalue weighted by molar-refractivity contribution is -0.117. The summed E-state index contributed by atoms with van der Waals surface area (Å²) in [4.78, 5) is 23.7. The molecule has 1 heterocycles. The summed E-state index contributed by atoms with van der Waals surface area (Å²) < 4.78 is 0. The van der Waals surface area contributed by atoms with Crippen molar-refractivity contribution in [3.63, 3.8) is 0 Å². The van der Waals surface area contributed by atoms with Crippen molar-refractivity contribution in [1.29, 1.82) is 0 Å². The lowest BCUT2D eigenvalue weighted by Gasteiger charge is -2.05. The second-order valence-electron chi connectivity index (χ2n) is 7.23. The van der Waals surface area contributed by atoms with Crippen LogP contribution in [-0.2, 0) is 9.59 Å². The van der Waals surface area contributed by atoms with Crippen LogP contribution >= 0.6 is 0 Å². The fourth-order valence-corrected chi connectivity index (χ4v) is 2.44. The van der Waals surface area contributed by atoms with E-state index in [-0.39, 0.29) is 24.0 Å². The molecule has 0 radical (unpaired) electrons. The summed E-state index contributed by atoms with van der Waals surface area (Å²) in [6.45, 7) is 4.53. The molecule has 0 aromatic rings. The van der Waals surface area contributed by atoms with Crippen LogP contribution in [0, 0.1) is 5.92 Å². The van der Waals surface area contributed by atoms with Gasteiger partial charge >= 0.3 is 0 Å². The monoisotopic (exact) mass is 419 g/mol. The Morgan fingerprint density at radius 1 is 0.806 bits per heavy atom. The Morgan fingerprint density at radius 3 is 2.03 bits per heavy atom. The van der Waals surface area contributed by atoms with Crippen molar-refractivity contribution >= 4 is 11.7 Å². The summed E-state index contributed by atoms with van der Waals surface area (Å²) in [5.74, 6) is -0.0183. The Kier molecular flexibility index (Phi) is 13.8. The normalized spacial score (nSPS) is 32.4. The van der Waals surface area contributed by atoms with Gasteiger partial charge in [0.15, 0.2) is 5.78 Å². The standard InChI is InChI=1S/C27H33NO3/c1-23-15-11-9-10-14-18-27(31)28-22-24(2)16-12-7-5-3-4-6-8-13-17-25(29)21-26(30)20-19-23/h3-19,24,26,30H,20-22H2,1-2H3,(H,28,31)/b4-3-,7-5-,8-6-,10-9-,15-11-,16-12-,17-13-,18-14-,23-19-/t24-,26-/m1/s1. The molecule has 31 heavy (non-hydrogen) atoms. The molecule has 0 unspecified atom stereocenters. The van der Waals surface area contributed by atoms with Gasteiger partial charge in [-0.2, -0.15) is 0 Å². The van der Waals surface area contributed by atoms with Crippen molar-refractivity contribution in [2.45, 2.75) is 32.8 Å². The quantitative estimate of drug-likeness (QED) is 0.589. The third-order valence-corrected chi connectivity index (χ3v) is 4.19. The van der Waals surface area contributed by atoms with Crippen molar-refractivity contribution in [3.05, 3.63) is 109 Å². The maximum atomic E-state index is 11.9. The van der Waals surface area contributed by atoms with Crippen LogP contribution in [0.25, 0.3) is 0 Å². The van der Waals surface area contributed by atoms with Gasteiger partial charge in [-0.1, -0.05) is 104 Å². The number of amides is 1. The Bertz CT molecular complexity index is 833. The van der Waals surface area contributed by atoms with E-state index in [2.05, 4.69) is 5.32 Å². The molecular weight excluding hydrogens is 386 g/mol. The molecule has 0 aliphatic carbocycles. The van der Waals surface area contributed by atoms with Crippen LogP contribution in [-0.4, -0.2) is 29.4 Å².